The summed E-state index contributed by atoms with van der Waals surface area (Å²) in [4.78, 5) is 11.1. The summed E-state index contributed by atoms with van der Waals surface area (Å²) < 4.78 is 6.75. The number of hydrogen-bond donors (Lipinski definition) is 2. The van der Waals surface area contributed by atoms with Gasteiger partial charge in [-0.15, -0.1) is 0 Å². The van der Waals surface area contributed by atoms with Crippen molar-refractivity contribution in [1.82, 2.24) is 5.32 Å². The van der Waals surface area contributed by atoms with E-state index in [0.29, 0.717) is 6.54 Å². The van der Waals surface area contributed by atoms with Crippen LogP contribution in [0.5, 0.6) is 5.75 Å². The molecule has 0 heterocycles. The predicted octanol–water partition coefficient (Wildman–Crippen LogP) is 2.97. The molecule has 0 radical (unpaired) electrons. The third-order valence-electron chi connectivity index (χ3n) is 2.84. The van der Waals surface area contributed by atoms with Gasteiger partial charge >= 0.3 is 5.97 Å². The van der Waals surface area contributed by atoms with Gasteiger partial charge in [0.15, 0.2) is 0 Å². The van der Waals surface area contributed by atoms with Gasteiger partial charge < -0.3 is 15.2 Å². The first-order chi connectivity index (χ1) is 8.77. The van der Waals surface area contributed by atoms with Crippen LogP contribution in [0.2, 0.25) is 0 Å². The van der Waals surface area contributed by atoms with Crippen LogP contribution in [0, 0.1) is 12.3 Å². The molecule has 0 spiro atoms. The summed E-state index contributed by atoms with van der Waals surface area (Å²) in [5.41, 5.74) is 1.09. The number of benzene rings is 1. The van der Waals surface area contributed by atoms with Gasteiger partial charge in [0.2, 0.25) is 0 Å². The van der Waals surface area contributed by atoms with Crippen LogP contribution in [0.25, 0.3) is 0 Å². The van der Waals surface area contributed by atoms with Crippen molar-refractivity contribution in [2.45, 2.75) is 27.3 Å². The van der Waals surface area contributed by atoms with Crippen molar-refractivity contribution in [3.63, 3.8) is 0 Å². The Balaban J connectivity index is 2.97. The number of aliphatic carboxylic acids is 1. The topological polar surface area (TPSA) is 58.6 Å². The lowest BCUT2D eigenvalue weighted by Crippen LogP contribution is -2.31. The lowest BCUT2D eigenvalue weighted by Gasteiger charge is -2.22. The lowest BCUT2D eigenvalue weighted by atomic mass is 9.95. The Morgan fingerprint density at radius 1 is 1.47 bits per heavy atom. The van der Waals surface area contributed by atoms with Crippen LogP contribution in [0.4, 0.5) is 0 Å². The third-order valence-corrected chi connectivity index (χ3v) is 3.30. The van der Waals surface area contributed by atoms with Crippen molar-refractivity contribution in [2.75, 3.05) is 13.7 Å². The van der Waals surface area contributed by atoms with E-state index in [0.717, 1.165) is 21.3 Å². The molecule has 1 aromatic carbocycles. The highest BCUT2D eigenvalue weighted by molar-refractivity contribution is 9.10. The van der Waals surface area contributed by atoms with E-state index in [1.807, 2.05) is 26.1 Å². The van der Waals surface area contributed by atoms with Crippen molar-refractivity contribution < 1.29 is 14.6 Å². The molecule has 4 nitrogen and oxygen atoms in total. The summed E-state index contributed by atoms with van der Waals surface area (Å²) >= 11 is 3.45. The van der Waals surface area contributed by atoms with Crippen molar-refractivity contribution in [3.05, 3.63) is 27.7 Å². The fourth-order valence-corrected chi connectivity index (χ4v) is 2.26. The molecular weight excluding hydrogens is 310 g/mol. The van der Waals surface area contributed by atoms with Gasteiger partial charge in [-0.2, -0.15) is 0 Å². The highest BCUT2D eigenvalue weighted by Gasteiger charge is 2.28. The van der Waals surface area contributed by atoms with Gasteiger partial charge in [0.05, 0.1) is 5.41 Å². The zero-order chi connectivity index (χ0) is 14.6. The molecule has 19 heavy (non-hydrogen) atoms. The Hall–Kier alpha value is -1.07. The van der Waals surface area contributed by atoms with E-state index in [9.17, 15) is 4.79 Å². The summed E-state index contributed by atoms with van der Waals surface area (Å²) in [6.45, 7) is 6.07. The molecule has 0 aliphatic rings. The molecule has 0 bridgehead atoms. The Morgan fingerprint density at radius 3 is 2.63 bits per heavy atom. The second-order valence-corrected chi connectivity index (χ2v) is 6.13. The summed E-state index contributed by atoms with van der Waals surface area (Å²) in [5.74, 6) is -0.107. The first-order valence-corrected chi connectivity index (χ1v) is 6.87. The predicted molar refractivity (Wildman–Crippen MR) is 78.6 cm³/mol. The quantitative estimate of drug-likeness (QED) is 0.842. The highest BCUT2D eigenvalue weighted by atomic mass is 79.9. The number of aryl methyl sites for hydroxylation is 1. The standard InChI is InChI=1S/C14H20BrNO3/c1-9-5-11(15)6-10(7-16-4)12(9)19-8-14(2,3)13(17)18/h5-6,16H,7-8H2,1-4H3,(H,17,18). The van der Waals surface area contributed by atoms with Gasteiger partial charge in [0, 0.05) is 16.6 Å². The van der Waals surface area contributed by atoms with Crippen LogP contribution < -0.4 is 10.1 Å². The number of ether oxygens (including phenoxy) is 1. The van der Waals surface area contributed by atoms with E-state index >= 15 is 0 Å². The van der Waals surface area contributed by atoms with Crippen LogP contribution in [0.1, 0.15) is 25.0 Å². The Morgan fingerprint density at radius 2 is 2.11 bits per heavy atom. The SMILES string of the molecule is CNCc1cc(Br)cc(C)c1OCC(C)(C)C(=O)O. The van der Waals surface area contributed by atoms with E-state index in [2.05, 4.69) is 21.2 Å². The molecule has 106 valence electrons. The molecule has 1 rings (SSSR count). The zero-order valence-electron chi connectivity index (χ0n) is 11.7. The fraction of sp³-hybridized carbons (Fsp3) is 0.500. The number of rotatable bonds is 6. The second-order valence-electron chi connectivity index (χ2n) is 5.22. The van der Waals surface area contributed by atoms with E-state index in [1.165, 1.54) is 0 Å². The van der Waals surface area contributed by atoms with Crippen molar-refractivity contribution in [2.24, 2.45) is 5.41 Å². The van der Waals surface area contributed by atoms with Crippen LogP contribution >= 0.6 is 15.9 Å². The molecule has 0 amide bonds. The molecule has 0 aliphatic carbocycles. The maximum absolute atomic E-state index is 11.1. The smallest absolute Gasteiger partial charge is 0.312 e. The Kier molecular flexibility index (Phi) is 5.38. The third kappa shape index (κ3) is 4.21. The molecule has 0 saturated carbocycles. The molecule has 0 aliphatic heterocycles. The van der Waals surface area contributed by atoms with E-state index in [1.54, 1.807) is 13.8 Å². The summed E-state index contributed by atoms with van der Waals surface area (Å²) in [5, 5.41) is 12.2. The Bertz CT molecular complexity index is 472. The maximum Gasteiger partial charge on any atom is 0.312 e. The second kappa shape index (κ2) is 6.39. The van der Waals surface area contributed by atoms with Crippen molar-refractivity contribution >= 4 is 21.9 Å². The fourth-order valence-electron chi connectivity index (χ4n) is 1.64. The number of nitrogens with one attached hydrogen (secondary N) is 1. The molecule has 1 aromatic rings. The normalized spacial score (nSPS) is 11.4. The Labute approximate surface area is 122 Å². The van der Waals surface area contributed by atoms with E-state index in [4.69, 9.17) is 9.84 Å². The molecule has 2 N–H and O–H groups in total. The van der Waals surface area contributed by atoms with Crippen molar-refractivity contribution in [3.8, 4) is 5.75 Å². The van der Waals surface area contributed by atoms with Crippen molar-refractivity contribution in [1.29, 1.82) is 0 Å². The number of halogens is 1. The minimum atomic E-state index is -0.906. The van der Waals surface area contributed by atoms with Crippen LogP contribution in [-0.2, 0) is 11.3 Å². The van der Waals surface area contributed by atoms with E-state index in [-0.39, 0.29) is 6.61 Å². The molecular formula is C14H20BrNO3. The summed E-state index contributed by atoms with van der Waals surface area (Å²) in [6, 6.07) is 3.94. The van der Waals surface area contributed by atoms with Crippen LogP contribution in [-0.4, -0.2) is 24.7 Å². The monoisotopic (exact) mass is 329 g/mol. The van der Waals surface area contributed by atoms with Gasteiger partial charge in [0.25, 0.3) is 0 Å². The average Bonchev–Trinajstić information content (AvgIpc) is 2.27. The number of carboxylic acids is 1. The van der Waals surface area contributed by atoms with Gasteiger partial charge in [-0.3, -0.25) is 4.79 Å². The molecule has 0 aromatic heterocycles. The van der Waals surface area contributed by atoms with E-state index < -0.39 is 11.4 Å². The molecule has 0 saturated heterocycles. The highest BCUT2D eigenvalue weighted by Crippen LogP contribution is 2.29. The molecule has 0 atom stereocenters. The van der Waals surface area contributed by atoms with Crippen LogP contribution in [0.15, 0.2) is 16.6 Å². The lowest BCUT2D eigenvalue weighted by molar-refractivity contribution is -0.148. The van der Waals surface area contributed by atoms with Gasteiger partial charge in [0.1, 0.15) is 12.4 Å². The minimum absolute atomic E-state index is 0.140. The van der Waals surface area contributed by atoms with Gasteiger partial charge in [-0.05, 0) is 45.5 Å². The van der Waals surface area contributed by atoms with Crippen LogP contribution in [0.3, 0.4) is 0 Å². The molecule has 0 unspecified atom stereocenters. The average molecular weight is 330 g/mol. The van der Waals surface area contributed by atoms with Gasteiger partial charge in [-0.25, -0.2) is 0 Å². The number of carbonyl (C=O) groups is 1. The number of hydrogen-bond acceptors (Lipinski definition) is 3. The number of carboxylic acid groups (broad SMARTS) is 1. The minimum Gasteiger partial charge on any atom is -0.492 e. The largest absolute Gasteiger partial charge is 0.492 e. The van der Waals surface area contributed by atoms with Gasteiger partial charge in [-0.1, -0.05) is 15.9 Å². The molecule has 5 heteroatoms. The molecule has 0 fully saturated rings. The first-order valence-electron chi connectivity index (χ1n) is 6.07. The first kappa shape index (κ1) is 16.0. The summed E-state index contributed by atoms with van der Waals surface area (Å²) in [6.07, 6.45) is 0. The maximum atomic E-state index is 11.1. The summed E-state index contributed by atoms with van der Waals surface area (Å²) in [7, 11) is 1.86. The zero-order valence-corrected chi connectivity index (χ0v) is 13.3.